The van der Waals surface area contributed by atoms with Crippen molar-refractivity contribution in [2.24, 2.45) is 5.73 Å². The van der Waals surface area contributed by atoms with Gasteiger partial charge in [0, 0.05) is 18.1 Å². The number of fused-ring (bicyclic) bond motifs is 1. The van der Waals surface area contributed by atoms with Crippen LogP contribution in [0, 0.1) is 12.7 Å². The zero-order valence-electron chi connectivity index (χ0n) is 11.2. The Morgan fingerprint density at radius 3 is 2.78 bits per heavy atom. The Hall–Kier alpha value is -1.35. The van der Waals surface area contributed by atoms with Crippen LogP contribution in [0.5, 0.6) is 0 Å². The van der Waals surface area contributed by atoms with Gasteiger partial charge < -0.3 is 10.3 Å². The highest BCUT2D eigenvalue weighted by Gasteiger charge is 2.13. The number of nitrogens with two attached hydrogens (primary N) is 1. The average molecular weight is 248 g/mol. The van der Waals surface area contributed by atoms with E-state index in [0.29, 0.717) is 6.54 Å². The van der Waals surface area contributed by atoms with Crippen molar-refractivity contribution in [3.8, 4) is 0 Å². The van der Waals surface area contributed by atoms with Gasteiger partial charge in [-0.15, -0.1) is 0 Å². The highest BCUT2D eigenvalue weighted by Crippen LogP contribution is 2.28. The number of nitrogens with zero attached hydrogens (tertiary/aromatic N) is 1. The van der Waals surface area contributed by atoms with Crippen LogP contribution in [-0.4, -0.2) is 11.1 Å². The van der Waals surface area contributed by atoms with Gasteiger partial charge in [-0.05, 0) is 43.5 Å². The summed E-state index contributed by atoms with van der Waals surface area (Å²) in [6.07, 6.45) is 5.06. The largest absolute Gasteiger partial charge is 0.345 e. The summed E-state index contributed by atoms with van der Waals surface area (Å²) in [5, 5.41) is 1.05. The molecule has 0 fully saturated rings. The second-order valence-corrected chi connectivity index (χ2v) is 4.83. The summed E-state index contributed by atoms with van der Waals surface area (Å²) in [4.78, 5) is 0. The lowest BCUT2D eigenvalue weighted by molar-refractivity contribution is 0.606. The lowest BCUT2D eigenvalue weighted by Crippen LogP contribution is -2.02. The van der Waals surface area contributed by atoms with Crippen molar-refractivity contribution in [1.29, 1.82) is 0 Å². The third-order valence-electron chi connectivity index (χ3n) is 3.42. The first-order valence-electron chi connectivity index (χ1n) is 6.66. The second kappa shape index (κ2) is 5.53. The molecule has 18 heavy (non-hydrogen) atoms. The van der Waals surface area contributed by atoms with Gasteiger partial charge in [-0.25, -0.2) is 4.39 Å². The van der Waals surface area contributed by atoms with Crippen LogP contribution in [0.25, 0.3) is 10.9 Å². The third-order valence-corrected chi connectivity index (χ3v) is 3.42. The van der Waals surface area contributed by atoms with E-state index in [1.807, 2.05) is 17.6 Å². The Labute approximate surface area is 108 Å². The number of aromatic nitrogens is 1. The maximum atomic E-state index is 14.1. The molecule has 0 radical (unpaired) electrons. The number of halogens is 1. The average Bonchev–Trinajstić information content (AvgIpc) is 2.72. The monoisotopic (exact) mass is 248 g/mol. The summed E-state index contributed by atoms with van der Waals surface area (Å²) >= 11 is 0. The van der Waals surface area contributed by atoms with Crippen molar-refractivity contribution in [2.75, 3.05) is 6.54 Å². The molecule has 0 spiro atoms. The van der Waals surface area contributed by atoms with Crippen LogP contribution < -0.4 is 5.73 Å². The maximum absolute atomic E-state index is 14.1. The minimum atomic E-state index is -0.130. The van der Waals surface area contributed by atoms with Gasteiger partial charge in [0.1, 0.15) is 5.82 Å². The minimum absolute atomic E-state index is 0.130. The SMILES string of the molecule is CCCCn1cc(CCN)c2c(C)ccc(F)c21. The molecule has 0 aliphatic rings. The van der Waals surface area contributed by atoms with E-state index in [9.17, 15) is 4.39 Å². The van der Waals surface area contributed by atoms with Crippen LogP contribution in [0.4, 0.5) is 4.39 Å². The molecule has 2 nitrogen and oxygen atoms in total. The van der Waals surface area contributed by atoms with Gasteiger partial charge in [-0.1, -0.05) is 19.4 Å². The van der Waals surface area contributed by atoms with E-state index < -0.39 is 0 Å². The molecule has 0 bridgehead atoms. The molecule has 1 heterocycles. The van der Waals surface area contributed by atoms with Gasteiger partial charge in [0.05, 0.1) is 5.52 Å². The lowest BCUT2D eigenvalue weighted by atomic mass is 10.1. The molecular formula is C15H21FN2. The van der Waals surface area contributed by atoms with Gasteiger partial charge >= 0.3 is 0 Å². The van der Waals surface area contributed by atoms with E-state index in [4.69, 9.17) is 5.73 Å². The van der Waals surface area contributed by atoms with E-state index in [1.165, 1.54) is 5.56 Å². The lowest BCUT2D eigenvalue weighted by Gasteiger charge is -2.05. The molecule has 2 rings (SSSR count). The molecule has 3 heteroatoms. The first kappa shape index (κ1) is 13.1. The number of unbranched alkanes of at least 4 members (excludes halogenated alkanes) is 1. The van der Waals surface area contributed by atoms with Crippen molar-refractivity contribution in [3.63, 3.8) is 0 Å². The van der Waals surface area contributed by atoms with Crippen molar-refractivity contribution in [1.82, 2.24) is 4.57 Å². The normalized spacial score (nSPS) is 11.3. The second-order valence-electron chi connectivity index (χ2n) is 4.83. The van der Waals surface area contributed by atoms with Gasteiger partial charge in [0.15, 0.2) is 0 Å². The van der Waals surface area contributed by atoms with E-state index in [1.54, 1.807) is 6.07 Å². The highest BCUT2D eigenvalue weighted by atomic mass is 19.1. The van der Waals surface area contributed by atoms with E-state index in [0.717, 1.165) is 42.3 Å². The van der Waals surface area contributed by atoms with Gasteiger partial charge in [-0.3, -0.25) is 0 Å². The zero-order valence-corrected chi connectivity index (χ0v) is 11.2. The third kappa shape index (κ3) is 2.27. The molecule has 0 unspecified atom stereocenters. The highest BCUT2D eigenvalue weighted by molar-refractivity contribution is 5.87. The molecule has 1 aromatic heterocycles. The molecule has 0 amide bonds. The predicted octanol–water partition coefficient (Wildman–Crippen LogP) is 3.39. The van der Waals surface area contributed by atoms with Crippen LogP contribution in [0.3, 0.4) is 0 Å². The Kier molecular flexibility index (Phi) is 4.02. The van der Waals surface area contributed by atoms with E-state index >= 15 is 0 Å². The maximum Gasteiger partial charge on any atom is 0.147 e. The number of hydrogen-bond acceptors (Lipinski definition) is 1. The topological polar surface area (TPSA) is 30.9 Å². The smallest absolute Gasteiger partial charge is 0.147 e. The summed E-state index contributed by atoms with van der Waals surface area (Å²) in [5.74, 6) is -0.130. The van der Waals surface area contributed by atoms with Crippen LogP contribution in [0.1, 0.15) is 30.9 Å². The Morgan fingerprint density at radius 1 is 1.33 bits per heavy atom. The molecule has 98 valence electrons. The number of aryl methyl sites for hydroxylation is 2. The molecule has 0 aliphatic carbocycles. The van der Waals surface area contributed by atoms with Crippen molar-refractivity contribution >= 4 is 10.9 Å². The van der Waals surface area contributed by atoms with Gasteiger partial charge in [0.25, 0.3) is 0 Å². The first-order chi connectivity index (χ1) is 8.69. The van der Waals surface area contributed by atoms with E-state index in [2.05, 4.69) is 13.1 Å². The Balaban J connectivity index is 2.60. The summed E-state index contributed by atoms with van der Waals surface area (Å²) in [5.41, 5.74) is 8.69. The van der Waals surface area contributed by atoms with Crippen LogP contribution in [0.15, 0.2) is 18.3 Å². The standard InChI is InChI=1S/C15H21FN2/c1-3-4-9-18-10-12(7-8-17)14-11(2)5-6-13(16)15(14)18/h5-6,10H,3-4,7-9,17H2,1-2H3. The molecule has 2 N–H and O–H groups in total. The summed E-state index contributed by atoms with van der Waals surface area (Å²) in [7, 11) is 0. The Bertz CT molecular complexity index is 543. The molecule has 0 atom stereocenters. The molecule has 2 aromatic rings. The van der Waals surface area contributed by atoms with Crippen LogP contribution in [-0.2, 0) is 13.0 Å². The zero-order chi connectivity index (χ0) is 13.1. The van der Waals surface area contributed by atoms with Gasteiger partial charge in [0.2, 0.25) is 0 Å². The van der Waals surface area contributed by atoms with Crippen LogP contribution >= 0.6 is 0 Å². The molecule has 1 aromatic carbocycles. The van der Waals surface area contributed by atoms with Crippen molar-refractivity contribution < 1.29 is 4.39 Å². The Morgan fingerprint density at radius 2 is 2.11 bits per heavy atom. The van der Waals surface area contributed by atoms with Crippen molar-refractivity contribution in [3.05, 3.63) is 35.3 Å². The molecule has 0 aliphatic heterocycles. The minimum Gasteiger partial charge on any atom is -0.345 e. The van der Waals surface area contributed by atoms with Crippen molar-refractivity contribution in [2.45, 2.75) is 39.7 Å². The summed E-state index contributed by atoms with van der Waals surface area (Å²) < 4.78 is 16.1. The molecule has 0 saturated heterocycles. The first-order valence-corrected chi connectivity index (χ1v) is 6.66. The number of rotatable bonds is 5. The molecule has 0 saturated carbocycles. The predicted molar refractivity (Wildman–Crippen MR) is 74.3 cm³/mol. The van der Waals surface area contributed by atoms with Crippen LogP contribution in [0.2, 0.25) is 0 Å². The molecular weight excluding hydrogens is 227 g/mol. The van der Waals surface area contributed by atoms with Gasteiger partial charge in [-0.2, -0.15) is 0 Å². The summed E-state index contributed by atoms with van der Waals surface area (Å²) in [6, 6.07) is 3.41. The number of hydrogen-bond donors (Lipinski definition) is 1. The fourth-order valence-corrected chi connectivity index (χ4v) is 2.52. The quantitative estimate of drug-likeness (QED) is 0.864. The summed E-state index contributed by atoms with van der Waals surface area (Å²) in [6.45, 7) is 5.65. The van der Waals surface area contributed by atoms with E-state index in [-0.39, 0.29) is 5.82 Å². The fourth-order valence-electron chi connectivity index (χ4n) is 2.52. The number of benzene rings is 1. The fraction of sp³-hybridized carbons (Fsp3) is 0.467.